The Morgan fingerprint density at radius 3 is 0.756 bits per heavy atom. The number of hydrogen-bond acceptors (Lipinski definition) is 6. The van der Waals surface area contributed by atoms with Gasteiger partial charge in [-0.15, -0.1) is 0 Å². The van der Waals surface area contributed by atoms with Gasteiger partial charge in [0.05, 0.1) is 0 Å². The van der Waals surface area contributed by atoms with Crippen molar-refractivity contribution in [2.75, 3.05) is 13.2 Å². The van der Waals surface area contributed by atoms with Crippen LogP contribution in [0.4, 0.5) is 0 Å². The summed E-state index contributed by atoms with van der Waals surface area (Å²) in [7, 11) is 0. The quantitative estimate of drug-likeness (QED) is 0.0261. The van der Waals surface area contributed by atoms with Crippen molar-refractivity contribution in [2.45, 2.75) is 367 Å². The maximum Gasteiger partial charge on any atom is 0.306 e. The monoisotopic (exact) mass is 1140 g/mol. The molecule has 0 aromatic rings. The van der Waals surface area contributed by atoms with Gasteiger partial charge in [0.15, 0.2) is 6.10 Å². The third kappa shape index (κ3) is 67.4. The molecule has 1 atom stereocenters. The lowest BCUT2D eigenvalue weighted by Gasteiger charge is -2.18. The molecule has 6 heteroatoms. The first-order valence-corrected chi connectivity index (χ1v) is 35.6. The third-order valence-electron chi connectivity index (χ3n) is 15.6. The predicted molar refractivity (Wildman–Crippen MR) is 358 cm³/mol. The van der Waals surface area contributed by atoms with E-state index in [0.29, 0.717) is 19.3 Å². The minimum Gasteiger partial charge on any atom is -0.462 e. The second kappa shape index (κ2) is 70.1. The van der Waals surface area contributed by atoms with E-state index in [0.717, 1.165) is 103 Å². The molecular formula is C76H134O6. The van der Waals surface area contributed by atoms with E-state index in [1.807, 2.05) is 0 Å². The van der Waals surface area contributed by atoms with Crippen molar-refractivity contribution in [1.82, 2.24) is 0 Å². The fourth-order valence-corrected chi connectivity index (χ4v) is 10.3. The molecule has 0 saturated carbocycles. The molecule has 0 aliphatic carbocycles. The van der Waals surface area contributed by atoms with Gasteiger partial charge >= 0.3 is 17.9 Å². The molecule has 0 aliphatic rings. The maximum atomic E-state index is 12.9. The Morgan fingerprint density at radius 1 is 0.256 bits per heavy atom. The summed E-state index contributed by atoms with van der Waals surface area (Å²) in [6.07, 6.45) is 93.6. The number of hydrogen-bond donors (Lipinski definition) is 0. The molecule has 0 heterocycles. The van der Waals surface area contributed by atoms with E-state index in [-0.39, 0.29) is 31.1 Å². The van der Waals surface area contributed by atoms with Crippen LogP contribution in [0.2, 0.25) is 0 Å². The molecule has 0 radical (unpaired) electrons. The first-order chi connectivity index (χ1) is 40.5. The molecule has 0 rings (SSSR count). The van der Waals surface area contributed by atoms with E-state index in [2.05, 4.69) is 106 Å². The van der Waals surface area contributed by atoms with Crippen molar-refractivity contribution in [3.63, 3.8) is 0 Å². The number of carbonyl (C=O) groups is 3. The molecule has 0 aromatic heterocycles. The molecule has 0 bridgehead atoms. The van der Waals surface area contributed by atoms with Crippen LogP contribution in [0.15, 0.2) is 85.1 Å². The van der Waals surface area contributed by atoms with E-state index in [1.165, 1.54) is 218 Å². The van der Waals surface area contributed by atoms with Gasteiger partial charge in [-0.25, -0.2) is 0 Å². The topological polar surface area (TPSA) is 78.9 Å². The highest BCUT2D eigenvalue weighted by molar-refractivity contribution is 5.71. The van der Waals surface area contributed by atoms with Gasteiger partial charge in [-0.3, -0.25) is 14.4 Å². The minimum absolute atomic E-state index is 0.0856. The fraction of sp³-hybridized carbons (Fsp3) is 0.776. The molecule has 6 nitrogen and oxygen atoms in total. The normalized spacial score (nSPS) is 12.6. The molecule has 0 spiro atoms. The third-order valence-corrected chi connectivity index (χ3v) is 15.6. The Bertz CT molecular complexity index is 1550. The molecule has 474 valence electrons. The van der Waals surface area contributed by atoms with Gasteiger partial charge in [0.1, 0.15) is 13.2 Å². The lowest BCUT2D eigenvalue weighted by molar-refractivity contribution is -0.167. The summed E-state index contributed by atoms with van der Waals surface area (Å²) in [6, 6.07) is 0. The van der Waals surface area contributed by atoms with Crippen molar-refractivity contribution in [2.24, 2.45) is 0 Å². The molecule has 0 N–H and O–H groups in total. The summed E-state index contributed by atoms with van der Waals surface area (Å²) in [4.78, 5) is 38.3. The fourth-order valence-electron chi connectivity index (χ4n) is 10.3. The van der Waals surface area contributed by atoms with Crippen LogP contribution in [0.5, 0.6) is 0 Å². The molecule has 1 unspecified atom stereocenters. The van der Waals surface area contributed by atoms with Gasteiger partial charge in [0.2, 0.25) is 0 Å². The smallest absolute Gasteiger partial charge is 0.306 e. The molecule has 0 aliphatic heterocycles. The lowest BCUT2D eigenvalue weighted by Crippen LogP contribution is -2.30. The number of unbranched alkanes of at least 4 members (excludes halogenated alkanes) is 40. The summed E-state index contributed by atoms with van der Waals surface area (Å²) in [6.45, 7) is 6.51. The molecular weight excluding hydrogens is 1010 g/mol. The standard InChI is InChI=1S/C76H134O6/c1-4-7-10-13-16-19-22-24-26-28-30-31-32-33-34-35-36-37-38-39-40-41-42-43-44-45-47-48-50-52-54-57-60-63-66-69-75(78)81-72-73(71-80-74(77)68-65-62-59-56-21-18-15-12-9-6-3)82-76(79)70-67-64-61-58-55-53-51-49-46-29-27-25-23-20-17-14-11-8-5-2/h8,11,17,20,22,24-25,27-28,30,46,49,53,55,73H,4-7,9-10,12-16,18-19,21,23,26,29,31-45,47-48,50-52,54,56-72H2,1-3H3/b11-8-,20-17-,24-22-,27-25-,30-28-,49-46-,55-53-. The Balaban J connectivity index is 4.09. The first kappa shape index (κ1) is 78.6. The average Bonchev–Trinajstić information content (AvgIpc) is 3.48. The highest BCUT2D eigenvalue weighted by atomic mass is 16.6. The maximum absolute atomic E-state index is 12.9. The van der Waals surface area contributed by atoms with E-state index in [9.17, 15) is 14.4 Å². The summed E-state index contributed by atoms with van der Waals surface area (Å²) in [5.41, 5.74) is 0. The van der Waals surface area contributed by atoms with E-state index in [1.54, 1.807) is 0 Å². The van der Waals surface area contributed by atoms with Crippen LogP contribution in [0.3, 0.4) is 0 Å². The Kier molecular flexibility index (Phi) is 67.2. The number of allylic oxidation sites excluding steroid dienone is 14. The zero-order chi connectivity index (χ0) is 59.2. The van der Waals surface area contributed by atoms with Crippen LogP contribution >= 0.6 is 0 Å². The van der Waals surface area contributed by atoms with Crippen LogP contribution in [-0.4, -0.2) is 37.2 Å². The average molecular weight is 1140 g/mol. The molecule has 0 fully saturated rings. The van der Waals surface area contributed by atoms with Crippen molar-refractivity contribution in [1.29, 1.82) is 0 Å². The minimum atomic E-state index is -0.791. The Labute approximate surface area is 509 Å². The lowest BCUT2D eigenvalue weighted by atomic mass is 10.0. The van der Waals surface area contributed by atoms with Crippen LogP contribution in [0.1, 0.15) is 361 Å². The highest BCUT2D eigenvalue weighted by Crippen LogP contribution is 2.18. The molecule has 82 heavy (non-hydrogen) atoms. The Hall–Kier alpha value is -3.41. The van der Waals surface area contributed by atoms with Crippen LogP contribution in [-0.2, 0) is 28.6 Å². The second-order valence-electron chi connectivity index (χ2n) is 23.8. The van der Waals surface area contributed by atoms with Gasteiger partial charge in [-0.1, -0.05) is 331 Å². The predicted octanol–water partition coefficient (Wildman–Crippen LogP) is 24.6. The highest BCUT2D eigenvalue weighted by Gasteiger charge is 2.19. The zero-order valence-corrected chi connectivity index (χ0v) is 54.5. The number of ether oxygens (including phenoxy) is 3. The van der Waals surface area contributed by atoms with Crippen molar-refractivity contribution >= 4 is 17.9 Å². The van der Waals surface area contributed by atoms with Crippen molar-refractivity contribution in [3.05, 3.63) is 85.1 Å². The summed E-state index contributed by atoms with van der Waals surface area (Å²) in [5.74, 6) is -0.903. The number of esters is 3. The van der Waals surface area contributed by atoms with Gasteiger partial charge in [-0.2, -0.15) is 0 Å². The molecule has 0 amide bonds. The van der Waals surface area contributed by atoms with Gasteiger partial charge in [0.25, 0.3) is 0 Å². The largest absolute Gasteiger partial charge is 0.462 e. The van der Waals surface area contributed by atoms with Crippen LogP contribution in [0.25, 0.3) is 0 Å². The SMILES string of the molecule is CC/C=C\C/C=C\C/C=C\C/C=C\C/C=C\CCCCCC(=O)OC(COC(=O)CCCCCCCCCCCC)COC(=O)CCCCCCCCCCCCCCCCCCCCCCCCC/C=C\C/C=C\CCCCCCC. The molecule has 0 saturated heterocycles. The second-order valence-corrected chi connectivity index (χ2v) is 23.8. The van der Waals surface area contributed by atoms with E-state index in [4.69, 9.17) is 14.2 Å². The van der Waals surface area contributed by atoms with Crippen molar-refractivity contribution < 1.29 is 28.6 Å². The first-order valence-electron chi connectivity index (χ1n) is 35.6. The van der Waals surface area contributed by atoms with Crippen molar-refractivity contribution in [3.8, 4) is 0 Å². The van der Waals surface area contributed by atoms with Crippen LogP contribution in [0, 0.1) is 0 Å². The molecule has 0 aromatic carbocycles. The van der Waals surface area contributed by atoms with Gasteiger partial charge in [-0.05, 0) is 96.3 Å². The van der Waals surface area contributed by atoms with E-state index < -0.39 is 6.10 Å². The number of rotatable bonds is 65. The summed E-state index contributed by atoms with van der Waals surface area (Å²) < 4.78 is 16.9. The Morgan fingerprint density at radius 2 is 0.476 bits per heavy atom. The van der Waals surface area contributed by atoms with Gasteiger partial charge < -0.3 is 14.2 Å². The zero-order valence-electron chi connectivity index (χ0n) is 54.5. The summed E-state index contributed by atoms with van der Waals surface area (Å²) >= 11 is 0. The van der Waals surface area contributed by atoms with Gasteiger partial charge in [0, 0.05) is 19.3 Å². The van der Waals surface area contributed by atoms with Crippen LogP contribution < -0.4 is 0 Å². The number of carbonyl (C=O) groups excluding carboxylic acids is 3. The van der Waals surface area contributed by atoms with E-state index >= 15 is 0 Å². The summed E-state index contributed by atoms with van der Waals surface area (Å²) in [5, 5.41) is 0.